The predicted molar refractivity (Wildman–Crippen MR) is 108 cm³/mol. The van der Waals surface area contributed by atoms with Crippen molar-refractivity contribution in [2.75, 3.05) is 44.2 Å². The summed E-state index contributed by atoms with van der Waals surface area (Å²) in [6.07, 6.45) is 0. The van der Waals surface area contributed by atoms with E-state index >= 15 is 0 Å². The van der Waals surface area contributed by atoms with E-state index in [1.807, 2.05) is 17.0 Å². The minimum absolute atomic E-state index is 0.0106. The molecule has 0 saturated carbocycles. The highest BCUT2D eigenvalue weighted by Crippen LogP contribution is 2.24. The van der Waals surface area contributed by atoms with E-state index in [1.165, 1.54) is 21.7 Å². The van der Waals surface area contributed by atoms with Crippen LogP contribution < -0.4 is 9.80 Å². The van der Waals surface area contributed by atoms with Crippen LogP contribution in [0.5, 0.6) is 0 Å². The molecular weight excluding hydrogens is 338 g/mol. The Bertz CT molecular complexity index is 772. The number of carbonyl (C=O) groups excluding carboxylic acids is 1. The molecule has 2 heterocycles. The average Bonchev–Trinajstić information content (AvgIpc) is 3.16. The molecule has 1 fully saturated rings. The molecule has 27 heavy (non-hydrogen) atoms. The second-order valence-electron chi connectivity index (χ2n) is 7.40. The van der Waals surface area contributed by atoms with E-state index < -0.39 is 0 Å². The van der Waals surface area contributed by atoms with E-state index in [2.05, 4.69) is 50.8 Å². The van der Waals surface area contributed by atoms with Crippen molar-refractivity contribution in [1.82, 2.24) is 4.90 Å². The maximum Gasteiger partial charge on any atom is 0.289 e. The molecule has 1 aliphatic rings. The number of piperazine rings is 1. The number of rotatable bonds is 6. The summed E-state index contributed by atoms with van der Waals surface area (Å²) in [5.74, 6) is 1.37. The van der Waals surface area contributed by atoms with Crippen molar-refractivity contribution in [3.8, 4) is 0 Å². The molecule has 2 aromatic rings. The molecule has 1 saturated heterocycles. The number of nitrogens with zero attached hydrogens (tertiary/aromatic N) is 2. The molecule has 0 unspecified atom stereocenters. The summed E-state index contributed by atoms with van der Waals surface area (Å²) in [5, 5.41) is 0. The minimum Gasteiger partial charge on any atom is -0.450 e. The van der Waals surface area contributed by atoms with Crippen molar-refractivity contribution in [2.45, 2.75) is 34.2 Å². The molecule has 5 nitrogen and oxygen atoms in total. The smallest absolute Gasteiger partial charge is 0.289 e. The molecule has 1 amide bonds. The fourth-order valence-electron chi connectivity index (χ4n) is 3.72. The van der Waals surface area contributed by atoms with Crippen LogP contribution in [0.25, 0.3) is 0 Å². The second-order valence-corrected chi connectivity index (χ2v) is 7.40. The third-order valence-corrected chi connectivity index (χ3v) is 5.78. The molecule has 1 aromatic heterocycles. The van der Waals surface area contributed by atoms with Crippen LogP contribution in [0.4, 0.5) is 5.69 Å². The van der Waals surface area contributed by atoms with Gasteiger partial charge < -0.3 is 19.1 Å². The Morgan fingerprint density at radius 3 is 2.41 bits per heavy atom. The fraction of sp³-hybridized carbons (Fsp3) is 0.500. The summed E-state index contributed by atoms with van der Waals surface area (Å²) in [6, 6.07) is 10.2. The predicted octanol–water partition coefficient (Wildman–Crippen LogP) is 2.28. The van der Waals surface area contributed by atoms with Crippen LogP contribution in [0.15, 0.2) is 34.7 Å². The zero-order valence-electron chi connectivity index (χ0n) is 17.0. The molecule has 1 N–H and O–H groups in total. The number of amides is 1. The van der Waals surface area contributed by atoms with E-state index in [-0.39, 0.29) is 5.91 Å². The molecule has 0 radical (unpaired) electrons. The van der Waals surface area contributed by atoms with E-state index in [0.717, 1.165) is 51.6 Å². The zero-order chi connectivity index (χ0) is 19.4. The molecule has 0 atom stereocenters. The molecule has 0 aliphatic carbocycles. The first kappa shape index (κ1) is 19.5. The Morgan fingerprint density at radius 1 is 1.04 bits per heavy atom. The normalized spacial score (nSPS) is 14.9. The summed E-state index contributed by atoms with van der Waals surface area (Å²) in [6.45, 7) is 14.8. The van der Waals surface area contributed by atoms with Crippen molar-refractivity contribution in [3.05, 3.63) is 53.0 Å². The lowest BCUT2D eigenvalue weighted by atomic mass is 10.1. The number of carbonyl (C=O) groups is 1. The van der Waals surface area contributed by atoms with Crippen LogP contribution in [-0.2, 0) is 6.54 Å². The molecule has 0 spiro atoms. The molecule has 1 aliphatic heterocycles. The van der Waals surface area contributed by atoms with Gasteiger partial charge in [-0.2, -0.15) is 0 Å². The number of quaternary nitrogens is 1. The van der Waals surface area contributed by atoms with Crippen molar-refractivity contribution in [1.29, 1.82) is 0 Å². The van der Waals surface area contributed by atoms with Crippen molar-refractivity contribution >= 4 is 11.6 Å². The van der Waals surface area contributed by atoms with Gasteiger partial charge in [-0.3, -0.25) is 4.79 Å². The molecule has 0 bridgehead atoms. The van der Waals surface area contributed by atoms with E-state index in [9.17, 15) is 4.79 Å². The number of hydrogen-bond acceptors (Lipinski definition) is 3. The van der Waals surface area contributed by atoms with Crippen LogP contribution in [-0.4, -0.2) is 50.1 Å². The Balaban J connectivity index is 1.60. The number of anilines is 1. The van der Waals surface area contributed by atoms with Gasteiger partial charge in [-0.15, -0.1) is 0 Å². The first-order valence-corrected chi connectivity index (χ1v) is 10.1. The maximum absolute atomic E-state index is 12.8. The Morgan fingerprint density at radius 2 is 1.74 bits per heavy atom. The highest BCUT2D eigenvalue weighted by Gasteiger charge is 2.25. The van der Waals surface area contributed by atoms with Crippen LogP contribution in [0.1, 0.15) is 41.3 Å². The van der Waals surface area contributed by atoms with E-state index in [0.29, 0.717) is 5.76 Å². The van der Waals surface area contributed by atoms with Gasteiger partial charge in [0.1, 0.15) is 6.54 Å². The van der Waals surface area contributed by atoms with Crippen molar-refractivity contribution < 1.29 is 14.1 Å². The Labute approximate surface area is 162 Å². The number of furan rings is 1. The van der Waals surface area contributed by atoms with Gasteiger partial charge in [0.2, 0.25) is 0 Å². The molecule has 5 heteroatoms. The van der Waals surface area contributed by atoms with E-state index in [1.54, 1.807) is 0 Å². The monoisotopic (exact) mass is 370 g/mol. The molecule has 146 valence electrons. The summed E-state index contributed by atoms with van der Waals surface area (Å²) in [7, 11) is 0. The molecule has 1 aromatic carbocycles. The Kier molecular flexibility index (Phi) is 6.22. The highest BCUT2D eigenvalue weighted by molar-refractivity contribution is 5.91. The topological polar surface area (TPSA) is 41.1 Å². The SMILES string of the molecule is CC[NH+](CC)Cc1ccc(C(=O)N2CCN(c3cccc(C)c3C)CC2)o1. The third-order valence-electron chi connectivity index (χ3n) is 5.78. The van der Waals surface area contributed by atoms with Crippen LogP contribution in [0.3, 0.4) is 0 Å². The fourth-order valence-corrected chi connectivity index (χ4v) is 3.72. The first-order valence-electron chi connectivity index (χ1n) is 10.1. The lowest BCUT2D eigenvalue weighted by molar-refractivity contribution is -0.911. The third kappa shape index (κ3) is 4.35. The van der Waals surface area contributed by atoms with Gasteiger partial charge in [0, 0.05) is 31.9 Å². The quantitative estimate of drug-likeness (QED) is 0.848. The summed E-state index contributed by atoms with van der Waals surface area (Å²) >= 11 is 0. The number of aryl methyl sites for hydroxylation is 1. The lowest BCUT2D eigenvalue weighted by Gasteiger charge is -2.36. The minimum atomic E-state index is 0.0106. The summed E-state index contributed by atoms with van der Waals surface area (Å²) in [5.41, 5.74) is 3.92. The number of benzene rings is 1. The standard InChI is InChI=1S/C22H31N3O2/c1-5-23(6-2)16-19-10-11-21(27-19)22(26)25-14-12-24(13-15-25)20-9-7-8-17(3)18(20)4/h7-11H,5-6,12-16H2,1-4H3/p+1. The second kappa shape index (κ2) is 8.61. The van der Waals surface area contributed by atoms with Crippen LogP contribution in [0.2, 0.25) is 0 Å². The van der Waals surface area contributed by atoms with Gasteiger partial charge >= 0.3 is 0 Å². The summed E-state index contributed by atoms with van der Waals surface area (Å²) < 4.78 is 5.85. The average molecular weight is 371 g/mol. The molecular formula is C22H32N3O2+. The van der Waals surface area contributed by atoms with Gasteiger partial charge in [0.25, 0.3) is 5.91 Å². The first-order chi connectivity index (χ1) is 13.0. The molecule has 3 rings (SSSR count). The number of hydrogen-bond donors (Lipinski definition) is 1. The van der Waals surface area contributed by atoms with Crippen LogP contribution in [0, 0.1) is 13.8 Å². The highest BCUT2D eigenvalue weighted by atomic mass is 16.4. The Hall–Kier alpha value is -2.27. The largest absolute Gasteiger partial charge is 0.450 e. The van der Waals surface area contributed by atoms with Gasteiger partial charge in [-0.1, -0.05) is 12.1 Å². The van der Waals surface area contributed by atoms with Gasteiger partial charge in [-0.05, 0) is 57.0 Å². The summed E-state index contributed by atoms with van der Waals surface area (Å²) in [4.78, 5) is 18.5. The van der Waals surface area contributed by atoms with Crippen molar-refractivity contribution in [3.63, 3.8) is 0 Å². The van der Waals surface area contributed by atoms with Gasteiger partial charge in [0.15, 0.2) is 11.5 Å². The number of nitrogens with one attached hydrogen (secondary N) is 1. The van der Waals surface area contributed by atoms with Crippen molar-refractivity contribution in [2.24, 2.45) is 0 Å². The maximum atomic E-state index is 12.8. The van der Waals surface area contributed by atoms with E-state index in [4.69, 9.17) is 4.42 Å². The lowest BCUT2D eigenvalue weighted by Crippen LogP contribution is -3.10. The van der Waals surface area contributed by atoms with Gasteiger partial charge in [0.05, 0.1) is 13.1 Å². The zero-order valence-corrected chi connectivity index (χ0v) is 17.0. The van der Waals surface area contributed by atoms with Crippen LogP contribution >= 0.6 is 0 Å². The van der Waals surface area contributed by atoms with Gasteiger partial charge in [-0.25, -0.2) is 0 Å².